The predicted molar refractivity (Wildman–Crippen MR) is 114 cm³/mol. The quantitative estimate of drug-likeness (QED) is 0.638. The lowest BCUT2D eigenvalue weighted by Gasteiger charge is -2.18. The van der Waals surface area contributed by atoms with E-state index in [0.29, 0.717) is 22.9 Å². The van der Waals surface area contributed by atoms with Gasteiger partial charge in [0.2, 0.25) is 5.75 Å². The molecule has 0 aliphatic heterocycles. The first-order valence-electron chi connectivity index (χ1n) is 9.51. The van der Waals surface area contributed by atoms with Crippen molar-refractivity contribution in [3.8, 4) is 17.2 Å². The third kappa shape index (κ3) is 3.62. The molecule has 0 bridgehead atoms. The lowest BCUT2D eigenvalue weighted by atomic mass is 10.0. The fraction of sp³-hybridized carbons (Fsp3) is 0.348. The molecule has 1 unspecified atom stereocenters. The normalized spacial score (nSPS) is 12.0. The fourth-order valence-corrected chi connectivity index (χ4v) is 3.73. The van der Waals surface area contributed by atoms with Crippen molar-refractivity contribution in [3.05, 3.63) is 52.2 Å². The molecule has 0 saturated heterocycles. The molecule has 1 atom stereocenters. The number of fused-ring (bicyclic) bond motifs is 1. The summed E-state index contributed by atoms with van der Waals surface area (Å²) in [5, 5.41) is 4.18. The molecule has 6 nitrogen and oxygen atoms in total. The maximum absolute atomic E-state index is 13.0. The topological polar surface area (TPSA) is 72.6 Å². The van der Waals surface area contributed by atoms with E-state index < -0.39 is 0 Å². The molecule has 1 amide bonds. The lowest BCUT2D eigenvalue weighted by molar-refractivity contribution is 0.0935. The number of H-pyrrole nitrogens is 1. The minimum atomic E-state index is -0.260. The van der Waals surface area contributed by atoms with E-state index in [0.717, 1.165) is 33.2 Å². The van der Waals surface area contributed by atoms with Crippen molar-refractivity contribution in [2.24, 2.45) is 0 Å². The van der Waals surface area contributed by atoms with Crippen molar-refractivity contribution < 1.29 is 19.0 Å². The van der Waals surface area contributed by atoms with Crippen LogP contribution in [0.1, 0.15) is 45.7 Å². The lowest BCUT2D eigenvalue weighted by Crippen LogP contribution is -2.27. The number of aryl methyl sites for hydroxylation is 3. The van der Waals surface area contributed by atoms with Crippen LogP contribution in [0.2, 0.25) is 0 Å². The third-order valence-electron chi connectivity index (χ3n) is 5.38. The first-order valence-corrected chi connectivity index (χ1v) is 9.51. The first kappa shape index (κ1) is 20.6. The van der Waals surface area contributed by atoms with Crippen LogP contribution in [-0.2, 0) is 0 Å². The van der Waals surface area contributed by atoms with Crippen molar-refractivity contribution >= 4 is 16.8 Å². The molecular weight excluding hydrogens is 368 g/mol. The molecule has 0 aliphatic carbocycles. The van der Waals surface area contributed by atoms with Gasteiger partial charge in [0.05, 0.1) is 27.4 Å². The van der Waals surface area contributed by atoms with E-state index >= 15 is 0 Å². The van der Waals surface area contributed by atoms with Crippen LogP contribution < -0.4 is 19.5 Å². The number of aromatic nitrogens is 1. The minimum absolute atomic E-state index is 0.154. The van der Waals surface area contributed by atoms with Crippen molar-refractivity contribution in [2.75, 3.05) is 21.3 Å². The van der Waals surface area contributed by atoms with Gasteiger partial charge in [-0.2, -0.15) is 0 Å². The number of nitrogens with one attached hydrogen (secondary N) is 2. The number of amides is 1. The number of hydrogen-bond acceptors (Lipinski definition) is 4. The van der Waals surface area contributed by atoms with Gasteiger partial charge in [-0.05, 0) is 62.1 Å². The summed E-state index contributed by atoms with van der Waals surface area (Å²) < 4.78 is 16.2. The summed E-state index contributed by atoms with van der Waals surface area (Å²) >= 11 is 0. The molecular formula is C23H28N2O4. The second kappa shape index (κ2) is 8.07. The van der Waals surface area contributed by atoms with E-state index in [9.17, 15) is 4.79 Å². The molecule has 29 heavy (non-hydrogen) atoms. The van der Waals surface area contributed by atoms with Crippen LogP contribution >= 0.6 is 0 Å². The van der Waals surface area contributed by atoms with Crippen LogP contribution in [0.15, 0.2) is 24.3 Å². The van der Waals surface area contributed by atoms with Gasteiger partial charge in [0, 0.05) is 10.9 Å². The van der Waals surface area contributed by atoms with Gasteiger partial charge in [0.15, 0.2) is 11.5 Å². The van der Waals surface area contributed by atoms with Gasteiger partial charge in [0.25, 0.3) is 5.91 Å². The fourth-order valence-electron chi connectivity index (χ4n) is 3.73. The summed E-state index contributed by atoms with van der Waals surface area (Å²) in [7, 11) is 4.71. The minimum Gasteiger partial charge on any atom is -0.493 e. The van der Waals surface area contributed by atoms with E-state index in [1.54, 1.807) is 21.3 Å². The molecule has 0 aliphatic rings. The highest BCUT2D eigenvalue weighted by Gasteiger charge is 2.21. The van der Waals surface area contributed by atoms with E-state index in [2.05, 4.69) is 29.4 Å². The number of ether oxygens (including phenoxy) is 3. The smallest absolute Gasteiger partial charge is 0.268 e. The highest BCUT2D eigenvalue weighted by molar-refractivity contribution is 6.02. The SMILES string of the molecule is COc1cc(C(C)NC(=O)c2[nH]c3c(C)ccc(C)c3c2C)cc(OC)c1OC. The molecule has 1 heterocycles. The first-order chi connectivity index (χ1) is 13.8. The zero-order chi connectivity index (χ0) is 21.3. The van der Waals surface area contributed by atoms with E-state index in [-0.39, 0.29) is 11.9 Å². The Morgan fingerprint density at radius 3 is 2.07 bits per heavy atom. The maximum Gasteiger partial charge on any atom is 0.268 e. The Morgan fingerprint density at radius 1 is 0.966 bits per heavy atom. The largest absolute Gasteiger partial charge is 0.493 e. The zero-order valence-corrected chi connectivity index (χ0v) is 18.0. The number of carbonyl (C=O) groups excluding carboxylic acids is 1. The molecule has 0 saturated carbocycles. The molecule has 0 radical (unpaired) electrons. The van der Waals surface area contributed by atoms with Gasteiger partial charge in [-0.3, -0.25) is 4.79 Å². The molecule has 1 aromatic heterocycles. The third-order valence-corrected chi connectivity index (χ3v) is 5.38. The van der Waals surface area contributed by atoms with Crippen LogP contribution in [0.3, 0.4) is 0 Å². The van der Waals surface area contributed by atoms with Crippen molar-refractivity contribution in [2.45, 2.75) is 33.7 Å². The number of methoxy groups -OCH3 is 3. The Morgan fingerprint density at radius 2 is 1.55 bits per heavy atom. The summed E-state index contributed by atoms with van der Waals surface area (Å²) in [5.74, 6) is 1.47. The second-order valence-electron chi connectivity index (χ2n) is 7.23. The summed E-state index contributed by atoms with van der Waals surface area (Å²) in [6.07, 6.45) is 0. The highest BCUT2D eigenvalue weighted by Crippen LogP contribution is 2.39. The monoisotopic (exact) mass is 396 g/mol. The van der Waals surface area contributed by atoms with Crippen LogP contribution in [0, 0.1) is 20.8 Å². The number of aromatic amines is 1. The van der Waals surface area contributed by atoms with Crippen LogP contribution in [0.25, 0.3) is 10.9 Å². The van der Waals surface area contributed by atoms with E-state index in [1.807, 2.05) is 32.9 Å². The van der Waals surface area contributed by atoms with Crippen molar-refractivity contribution in [1.29, 1.82) is 0 Å². The van der Waals surface area contributed by atoms with E-state index in [4.69, 9.17) is 14.2 Å². The Balaban J connectivity index is 1.94. The Bertz CT molecular complexity index is 1040. The maximum atomic E-state index is 13.0. The Kier molecular flexibility index (Phi) is 5.73. The average molecular weight is 396 g/mol. The van der Waals surface area contributed by atoms with Gasteiger partial charge in [-0.1, -0.05) is 12.1 Å². The number of carbonyl (C=O) groups is 1. The Hall–Kier alpha value is -3.15. The van der Waals surface area contributed by atoms with Crippen molar-refractivity contribution in [1.82, 2.24) is 10.3 Å². The standard InChI is InChI=1S/C23H28N2O4/c1-12-8-9-13(2)20-19(12)14(3)21(25-20)23(26)24-15(4)16-10-17(27-5)22(29-7)18(11-16)28-6/h8-11,15,25H,1-7H3,(H,24,26). The molecule has 0 fully saturated rings. The molecule has 2 N–H and O–H groups in total. The van der Waals surface area contributed by atoms with Crippen LogP contribution in [0.4, 0.5) is 0 Å². The summed E-state index contributed by atoms with van der Waals surface area (Å²) in [6.45, 7) is 8.00. The zero-order valence-electron chi connectivity index (χ0n) is 18.0. The van der Waals surface area contributed by atoms with Gasteiger partial charge in [-0.25, -0.2) is 0 Å². The Labute approximate surface area is 171 Å². The van der Waals surface area contributed by atoms with Gasteiger partial charge < -0.3 is 24.5 Å². The molecule has 3 aromatic rings. The predicted octanol–water partition coefficient (Wildman–Crippen LogP) is 4.61. The average Bonchev–Trinajstić information content (AvgIpc) is 3.08. The number of benzene rings is 2. The molecule has 6 heteroatoms. The summed E-state index contributed by atoms with van der Waals surface area (Å²) in [5.41, 5.74) is 5.66. The van der Waals surface area contributed by atoms with Gasteiger partial charge in [0.1, 0.15) is 5.69 Å². The van der Waals surface area contributed by atoms with Crippen LogP contribution in [-0.4, -0.2) is 32.2 Å². The van der Waals surface area contributed by atoms with Gasteiger partial charge >= 0.3 is 0 Å². The molecule has 0 spiro atoms. The van der Waals surface area contributed by atoms with E-state index in [1.165, 1.54) is 0 Å². The van der Waals surface area contributed by atoms with Crippen molar-refractivity contribution in [3.63, 3.8) is 0 Å². The number of hydrogen-bond donors (Lipinski definition) is 2. The van der Waals surface area contributed by atoms with Gasteiger partial charge in [-0.15, -0.1) is 0 Å². The second-order valence-corrected chi connectivity index (χ2v) is 7.23. The summed E-state index contributed by atoms with van der Waals surface area (Å²) in [6, 6.07) is 7.58. The molecule has 3 rings (SSSR count). The van der Waals surface area contributed by atoms with Crippen LogP contribution in [0.5, 0.6) is 17.2 Å². The molecule has 154 valence electrons. The molecule has 2 aromatic carbocycles. The highest BCUT2D eigenvalue weighted by atomic mass is 16.5. The summed E-state index contributed by atoms with van der Waals surface area (Å²) in [4.78, 5) is 16.4. The number of rotatable bonds is 6.